The van der Waals surface area contributed by atoms with Crippen molar-refractivity contribution in [1.82, 2.24) is 10.3 Å². The number of benzene rings is 2. The van der Waals surface area contributed by atoms with Crippen LogP contribution in [0.25, 0.3) is 0 Å². The second-order valence-corrected chi connectivity index (χ2v) is 12.1. The van der Waals surface area contributed by atoms with Crippen LogP contribution in [0.4, 0.5) is 13.2 Å². The SMILES string of the molecule is COc1cc(Br)nc(C(=O)NC2CC3CC2C2(C3)C[C@H]2OCc2cccc(C(F)(F)F)c2)c1OCc1ccccc1. The number of fused-ring (bicyclic) bond motifs is 3. The quantitative estimate of drug-likeness (QED) is 0.259. The monoisotopic (exact) mass is 630 g/mol. The highest BCUT2D eigenvalue weighted by Gasteiger charge is 2.68. The van der Waals surface area contributed by atoms with E-state index in [-0.39, 0.29) is 54.0 Å². The van der Waals surface area contributed by atoms with E-state index in [1.54, 1.807) is 12.1 Å². The number of carbonyl (C=O) groups is 1. The molecule has 6 rings (SSSR count). The Balaban J connectivity index is 1.13. The van der Waals surface area contributed by atoms with Crippen molar-refractivity contribution in [2.24, 2.45) is 17.3 Å². The van der Waals surface area contributed by atoms with E-state index in [2.05, 4.69) is 26.2 Å². The lowest BCUT2D eigenvalue weighted by molar-refractivity contribution is -0.137. The molecule has 4 unspecified atom stereocenters. The lowest BCUT2D eigenvalue weighted by atomic mass is 9.81. The summed E-state index contributed by atoms with van der Waals surface area (Å²) in [6.45, 7) is 0.386. The number of pyridine rings is 1. The average molecular weight is 631 g/mol. The predicted octanol–water partition coefficient (Wildman–Crippen LogP) is 6.95. The normalized spacial score (nSPS) is 26.3. The van der Waals surface area contributed by atoms with Crippen LogP contribution < -0.4 is 14.8 Å². The smallest absolute Gasteiger partial charge is 0.416 e. The van der Waals surface area contributed by atoms with E-state index in [1.807, 2.05) is 30.3 Å². The van der Waals surface area contributed by atoms with Crippen molar-refractivity contribution in [2.75, 3.05) is 7.11 Å². The zero-order valence-electron chi connectivity index (χ0n) is 22.4. The number of methoxy groups -OCH3 is 1. The third kappa shape index (κ3) is 5.68. The second kappa shape index (κ2) is 10.9. The van der Waals surface area contributed by atoms with E-state index in [1.165, 1.54) is 13.2 Å². The van der Waals surface area contributed by atoms with Gasteiger partial charge < -0.3 is 19.5 Å². The first-order chi connectivity index (χ1) is 19.7. The van der Waals surface area contributed by atoms with Gasteiger partial charge in [0.15, 0.2) is 17.2 Å². The molecule has 0 radical (unpaired) electrons. The summed E-state index contributed by atoms with van der Waals surface area (Å²) in [7, 11) is 1.52. The molecule has 3 aromatic rings. The van der Waals surface area contributed by atoms with Crippen LogP contribution in [-0.4, -0.2) is 30.1 Å². The molecular formula is C31H30BrF3N2O4. The zero-order chi connectivity index (χ0) is 28.8. The Morgan fingerprint density at radius 1 is 1.05 bits per heavy atom. The van der Waals surface area contributed by atoms with E-state index >= 15 is 0 Å². The molecule has 1 amide bonds. The van der Waals surface area contributed by atoms with Crippen molar-refractivity contribution in [2.45, 2.75) is 57.2 Å². The molecule has 5 atom stereocenters. The molecule has 1 spiro atoms. The molecule has 3 saturated carbocycles. The van der Waals surface area contributed by atoms with E-state index in [4.69, 9.17) is 14.2 Å². The molecule has 3 fully saturated rings. The van der Waals surface area contributed by atoms with Crippen molar-refractivity contribution in [1.29, 1.82) is 0 Å². The number of aromatic nitrogens is 1. The van der Waals surface area contributed by atoms with Gasteiger partial charge in [0.25, 0.3) is 5.91 Å². The van der Waals surface area contributed by atoms with Crippen LogP contribution in [0.2, 0.25) is 0 Å². The molecule has 2 aromatic carbocycles. The third-order valence-electron chi connectivity index (χ3n) is 8.70. The molecule has 0 aliphatic heterocycles. The first-order valence-electron chi connectivity index (χ1n) is 13.7. The van der Waals surface area contributed by atoms with Gasteiger partial charge in [0.05, 0.1) is 25.4 Å². The number of amides is 1. The average Bonchev–Trinajstić information content (AvgIpc) is 3.28. The first kappa shape index (κ1) is 28.0. The predicted molar refractivity (Wildman–Crippen MR) is 148 cm³/mol. The van der Waals surface area contributed by atoms with Gasteiger partial charge in [-0.05, 0) is 76.7 Å². The lowest BCUT2D eigenvalue weighted by Gasteiger charge is -2.31. The number of alkyl halides is 3. The number of halogens is 4. The number of nitrogens with one attached hydrogen (secondary N) is 1. The summed E-state index contributed by atoms with van der Waals surface area (Å²) < 4.78 is 57.5. The molecule has 1 aromatic heterocycles. The Labute approximate surface area is 244 Å². The summed E-state index contributed by atoms with van der Waals surface area (Å²) in [5, 5.41) is 3.22. The highest BCUT2D eigenvalue weighted by atomic mass is 79.9. The number of carbonyl (C=O) groups excluding carboxylic acids is 1. The van der Waals surface area contributed by atoms with Gasteiger partial charge in [-0.2, -0.15) is 13.2 Å². The molecule has 3 aliphatic rings. The fraction of sp³-hybridized carbons (Fsp3) is 0.419. The van der Waals surface area contributed by atoms with Crippen molar-refractivity contribution < 1.29 is 32.2 Å². The minimum atomic E-state index is -4.38. The van der Waals surface area contributed by atoms with E-state index in [0.29, 0.717) is 21.8 Å². The Hall–Kier alpha value is -3.11. The van der Waals surface area contributed by atoms with Gasteiger partial charge in [-0.3, -0.25) is 4.79 Å². The van der Waals surface area contributed by atoms with Crippen molar-refractivity contribution >= 4 is 21.8 Å². The van der Waals surface area contributed by atoms with Gasteiger partial charge in [-0.25, -0.2) is 4.98 Å². The van der Waals surface area contributed by atoms with Crippen LogP contribution in [0.3, 0.4) is 0 Å². The van der Waals surface area contributed by atoms with Gasteiger partial charge in [-0.15, -0.1) is 0 Å². The summed E-state index contributed by atoms with van der Waals surface area (Å²) in [5.41, 5.74) is 0.891. The Morgan fingerprint density at radius 3 is 2.56 bits per heavy atom. The summed E-state index contributed by atoms with van der Waals surface area (Å²) in [6, 6.07) is 16.6. The standard InChI is InChI=1S/C31H30BrF3N2O4/c1-39-24-13-26(32)37-27(28(24)41-16-18-6-3-2-4-7-18)29(38)36-23-12-20-11-22(23)30(14-20)15-25(30)40-17-19-8-5-9-21(10-19)31(33,34)35/h2-10,13,20,22-23,25H,11-12,14-17H2,1H3,(H,36,38)/t20?,22?,23?,25-,30?/m1/s1. The highest BCUT2D eigenvalue weighted by molar-refractivity contribution is 9.10. The van der Waals surface area contributed by atoms with Crippen molar-refractivity contribution in [3.05, 3.63) is 87.7 Å². The Morgan fingerprint density at radius 2 is 1.83 bits per heavy atom. The number of nitrogens with zero attached hydrogens (tertiary/aromatic N) is 1. The number of hydrogen-bond acceptors (Lipinski definition) is 5. The summed E-state index contributed by atoms with van der Waals surface area (Å²) in [4.78, 5) is 18.1. The van der Waals surface area contributed by atoms with Crippen LogP contribution >= 0.6 is 15.9 Å². The van der Waals surface area contributed by atoms with Crippen LogP contribution in [0.1, 0.15) is 52.9 Å². The molecule has 3 aliphatic carbocycles. The maximum absolute atomic E-state index is 13.6. The fourth-order valence-electron chi connectivity index (χ4n) is 6.84. The summed E-state index contributed by atoms with van der Waals surface area (Å²) >= 11 is 3.38. The molecule has 216 valence electrons. The summed E-state index contributed by atoms with van der Waals surface area (Å²) in [5.74, 6) is 1.07. The maximum atomic E-state index is 13.6. The van der Waals surface area contributed by atoms with Gasteiger partial charge in [-0.1, -0.05) is 42.5 Å². The van der Waals surface area contributed by atoms with Crippen LogP contribution in [0, 0.1) is 17.3 Å². The van der Waals surface area contributed by atoms with E-state index < -0.39 is 11.7 Å². The second-order valence-electron chi connectivity index (χ2n) is 11.3. The van der Waals surface area contributed by atoms with E-state index in [0.717, 1.165) is 43.4 Å². The van der Waals surface area contributed by atoms with Crippen LogP contribution in [-0.2, 0) is 24.1 Å². The molecular weight excluding hydrogens is 601 g/mol. The lowest BCUT2D eigenvalue weighted by Crippen LogP contribution is -2.43. The molecule has 41 heavy (non-hydrogen) atoms. The minimum absolute atomic E-state index is 0.0272. The van der Waals surface area contributed by atoms with Gasteiger partial charge in [0.2, 0.25) is 0 Å². The maximum Gasteiger partial charge on any atom is 0.416 e. The zero-order valence-corrected chi connectivity index (χ0v) is 24.0. The molecule has 10 heteroatoms. The van der Waals surface area contributed by atoms with Gasteiger partial charge >= 0.3 is 6.18 Å². The van der Waals surface area contributed by atoms with Crippen LogP contribution in [0.5, 0.6) is 11.5 Å². The Bertz CT molecular complexity index is 1440. The minimum Gasteiger partial charge on any atom is -0.493 e. The van der Waals surface area contributed by atoms with Gasteiger partial charge in [0, 0.05) is 17.5 Å². The molecule has 1 N–H and O–H groups in total. The fourth-order valence-corrected chi connectivity index (χ4v) is 7.22. The molecule has 2 bridgehead atoms. The van der Waals surface area contributed by atoms with Gasteiger partial charge in [0.1, 0.15) is 11.2 Å². The highest BCUT2D eigenvalue weighted by Crippen LogP contribution is 2.69. The number of rotatable bonds is 9. The first-order valence-corrected chi connectivity index (χ1v) is 14.5. The van der Waals surface area contributed by atoms with Crippen molar-refractivity contribution in [3.8, 4) is 11.5 Å². The Kier molecular flexibility index (Phi) is 7.48. The molecule has 0 saturated heterocycles. The number of hydrogen-bond donors (Lipinski definition) is 1. The van der Waals surface area contributed by atoms with Crippen molar-refractivity contribution in [3.63, 3.8) is 0 Å². The summed E-state index contributed by atoms with van der Waals surface area (Å²) in [6.07, 6.45) is -0.655. The molecule has 6 nitrogen and oxygen atoms in total. The van der Waals surface area contributed by atoms with E-state index in [9.17, 15) is 18.0 Å². The van der Waals surface area contributed by atoms with Crippen LogP contribution in [0.15, 0.2) is 65.3 Å². The molecule has 1 heterocycles. The topological polar surface area (TPSA) is 69.7 Å². The third-order valence-corrected chi connectivity index (χ3v) is 9.11. The largest absolute Gasteiger partial charge is 0.493 e. The number of ether oxygens (including phenoxy) is 3.